The lowest BCUT2D eigenvalue weighted by Crippen LogP contribution is -2.03. The first-order valence-electron chi connectivity index (χ1n) is 6.64. The Bertz CT molecular complexity index is 682. The highest BCUT2D eigenvalue weighted by Crippen LogP contribution is 2.12. The number of carbonyl (C=O) groups excluding carboxylic acids is 1. The van der Waals surface area contributed by atoms with Crippen LogP contribution in [0.15, 0.2) is 54.6 Å². The van der Waals surface area contributed by atoms with Crippen molar-refractivity contribution in [3.63, 3.8) is 0 Å². The Morgan fingerprint density at radius 3 is 2.48 bits per heavy atom. The number of hydrogen-bond acceptors (Lipinski definition) is 2. The molecule has 0 saturated heterocycles. The normalized spacial score (nSPS) is 10.7. The topological polar surface area (TPSA) is 54.4 Å². The predicted molar refractivity (Wildman–Crippen MR) is 82.3 cm³/mol. The average Bonchev–Trinajstić information content (AvgIpc) is 2.48. The number of Topliss-reactive ketones (excluding diaryl/α,β-unsaturated/α-hetero) is 1. The van der Waals surface area contributed by atoms with Gasteiger partial charge in [-0.05, 0) is 30.2 Å². The van der Waals surface area contributed by atoms with E-state index in [0.717, 1.165) is 17.2 Å². The highest BCUT2D eigenvalue weighted by molar-refractivity contribution is 5.98. The molecule has 2 aromatic rings. The van der Waals surface area contributed by atoms with Gasteiger partial charge in [-0.1, -0.05) is 48.0 Å². The third-order valence-corrected chi connectivity index (χ3v) is 3.11. The van der Waals surface area contributed by atoms with E-state index in [9.17, 15) is 9.59 Å². The number of ketones is 1. The molecule has 0 bridgehead atoms. The molecule has 2 aromatic carbocycles. The number of carbonyl (C=O) groups is 2. The zero-order valence-corrected chi connectivity index (χ0v) is 11.7. The number of carboxylic acids is 1. The molecule has 0 radical (unpaired) electrons. The van der Waals surface area contributed by atoms with Crippen molar-refractivity contribution in [2.75, 3.05) is 0 Å². The van der Waals surface area contributed by atoms with Gasteiger partial charge in [0.1, 0.15) is 0 Å². The molecule has 106 valence electrons. The van der Waals surface area contributed by atoms with Crippen LogP contribution in [0.3, 0.4) is 0 Å². The predicted octanol–water partition coefficient (Wildman–Crippen LogP) is 3.52. The van der Waals surface area contributed by atoms with Crippen LogP contribution in [0, 0.1) is 6.92 Å². The number of carboxylic acid groups (broad SMARTS) is 1. The molecule has 0 aromatic heterocycles. The Hall–Kier alpha value is -2.68. The molecule has 0 fully saturated rings. The fraction of sp³-hybridized carbons (Fsp3) is 0.111. The van der Waals surface area contributed by atoms with Crippen molar-refractivity contribution in [2.24, 2.45) is 0 Å². The van der Waals surface area contributed by atoms with E-state index < -0.39 is 5.97 Å². The van der Waals surface area contributed by atoms with Crippen molar-refractivity contribution in [3.8, 4) is 0 Å². The first-order chi connectivity index (χ1) is 10.0. The van der Waals surface area contributed by atoms with Crippen molar-refractivity contribution in [3.05, 3.63) is 76.9 Å². The Morgan fingerprint density at radius 2 is 1.81 bits per heavy atom. The molecule has 0 amide bonds. The Balaban J connectivity index is 2.14. The van der Waals surface area contributed by atoms with E-state index in [2.05, 4.69) is 0 Å². The largest absolute Gasteiger partial charge is 0.478 e. The fourth-order valence-corrected chi connectivity index (χ4v) is 1.98. The second-order valence-corrected chi connectivity index (χ2v) is 4.88. The van der Waals surface area contributed by atoms with Crippen LogP contribution < -0.4 is 0 Å². The van der Waals surface area contributed by atoms with Crippen LogP contribution in [0.5, 0.6) is 0 Å². The standard InChI is InChI=1S/C18H16O3/c1-13-5-7-15(8-6-13)12-17(19)16-4-2-3-14(11-16)9-10-18(20)21/h2-11H,12H2,1H3,(H,20,21). The molecule has 1 N–H and O–H groups in total. The highest BCUT2D eigenvalue weighted by atomic mass is 16.4. The third-order valence-electron chi connectivity index (χ3n) is 3.11. The SMILES string of the molecule is Cc1ccc(CC(=O)c2cccc(C=CC(=O)O)c2)cc1. The van der Waals surface area contributed by atoms with E-state index >= 15 is 0 Å². The number of rotatable bonds is 5. The van der Waals surface area contributed by atoms with E-state index in [1.54, 1.807) is 24.3 Å². The monoisotopic (exact) mass is 280 g/mol. The minimum absolute atomic E-state index is 0.0180. The van der Waals surface area contributed by atoms with Gasteiger partial charge >= 0.3 is 5.97 Å². The Labute approximate surface area is 123 Å². The van der Waals surface area contributed by atoms with Crippen molar-refractivity contribution in [1.29, 1.82) is 0 Å². The van der Waals surface area contributed by atoms with Crippen LogP contribution in [-0.4, -0.2) is 16.9 Å². The van der Waals surface area contributed by atoms with Crippen molar-refractivity contribution in [1.82, 2.24) is 0 Å². The van der Waals surface area contributed by atoms with Gasteiger partial charge in [0.2, 0.25) is 0 Å². The molecule has 3 heteroatoms. The lowest BCUT2D eigenvalue weighted by molar-refractivity contribution is -0.131. The minimum atomic E-state index is -1.01. The van der Waals surface area contributed by atoms with E-state index in [1.165, 1.54) is 6.08 Å². The van der Waals surface area contributed by atoms with Gasteiger partial charge in [0.15, 0.2) is 5.78 Å². The Kier molecular flexibility index (Phi) is 4.67. The summed E-state index contributed by atoms with van der Waals surface area (Å²) in [6, 6.07) is 14.8. The van der Waals surface area contributed by atoms with Crippen LogP contribution in [0.1, 0.15) is 27.0 Å². The molecule has 0 atom stereocenters. The van der Waals surface area contributed by atoms with Crippen molar-refractivity contribution >= 4 is 17.8 Å². The van der Waals surface area contributed by atoms with Gasteiger partial charge in [0, 0.05) is 18.1 Å². The Morgan fingerprint density at radius 1 is 1.10 bits per heavy atom. The lowest BCUT2D eigenvalue weighted by atomic mass is 10.0. The summed E-state index contributed by atoms with van der Waals surface area (Å²) in [6.45, 7) is 2.00. The van der Waals surface area contributed by atoms with Gasteiger partial charge in [0.25, 0.3) is 0 Å². The van der Waals surface area contributed by atoms with Gasteiger partial charge in [-0.15, -0.1) is 0 Å². The third kappa shape index (κ3) is 4.42. The van der Waals surface area contributed by atoms with E-state index in [-0.39, 0.29) is 5.78 Å². The van der Waals surface area contributed by atoms with Gasteiger partial charge in [-0.3, -0.25) is 4.79 Å². The van der Waals surface area contributed by atoms with Crippen molar-refractivity contribution in [2.45, 2.75) is 13.3 Å². The molecule has 0 saturated carbocycles. The first kappa shape index (κ1) is 14.7. The lowest BCUT2D eigenvalue weighted by Gasteiger charge is -2.03. The molecule has 0 heterocycles. The zero-order chi connectivity index (χ0) is 15.2. The van der Waals surface area contributed by atoms with E-state index in [1.807, 2.05) is 31.2 Å². The van der Waals surface area contributed by atoms with Crippen LogP contribution in [0.25, 0.3) is 6.08 Å². The number of benzene rings is 2. The smallest absolute Gasteiger partial charge is 0.328 e. The van der Waals surface area contributed by atoms with E-state index in [0.29, 0.717) is 17.5 Å². The number of hydrogen-bond donors (Lipinski definition) is 1. The summed E-state index contributed by atoms with van der Waals surface area (Å²) in [7, 11) is 0. The summed E-state index contributed by atoms with van der Waals surface area (Å²) in [5.74, 6) is -0.990. The fourth-order valence-electron chi connectivity index (χ4n) is 1.98. The van der Waals surface area contributed by atoms with E-state index in [4.69, 9.17) is 5.11 Å². The number of aryl methyl sites for hydroxylation is 1. The van der Waals surface area contributed by atoms with Crippen LogP contribution in [0.4, 0.5) is 0 Å². The summed E-state index contributed by atoms with van der Waals surface area (Å²) in [5, 5.41) is 8.62. The van der Waals surface area contributed by atoms with Gasteiger partial charge < -0.3 is 5.11 Å². The minimum Gasteiger partial charge on any atom is -0.478 e. The van der Waals surface area contributed by atoms with Gasteiger partial charge in [-0.2, -0.15) is 0 Å². The summed E-state index contributed by atoms with van der Waals surface area (Å²) in [4.78, 5) is 22.8. The maximum atomic E-state index is 12.2. The molecule has 3 nitrogen and oxygen atoms in total. The molecule has 0 spiro atoms. The van der Waals surface area contributed by atoms with Crippen molar-refractivity contribution < 1.29 is 14.7 Å². The zero-order valence-electron chi connectivity index (χ0n) is 11.7. The average molecular weight is 280 g/mol. The quantitative estimate of drug-likeness (QED) is 0.673. The highest BCUT2D eigenvalue weighted by Gasteiger charge is 2.07. The summed E-state index contributed by atoms with van der Waals surface area (Å²) < 4.78 is 0. The molecule has 0 aliphatic heterocycles. The maximum absolute atomic E-state index is 12.2. The molecule has 0 aliphatic rings. The summed E-state index contributed by atoms with van der Waals surface area (Å²) >= 11 is 0. The van der Waals surface area contributed by atoms with Gasteiger partial charge in [0.05, 0.1) is 0 Å². The number of aliphatic carboxylic acids is 1. The molecule has 21 heavy (non-hydrogen) atoms. The molecule has 0 unspecified atom stereocenters. The first-order valence-corrected chi connectivity index (χ1v) is 6.64. The molecule has 0 aliphatic carbocycles. The summed E-state index contributed by atoms with van der Waals surface area (Å²) in [5.41, 5.74) is 3.42. The maximum Gasteiger partial charge on any atom is 0.328 e. The summed E-state index contributed by atoms with van der Waals surface area (Å²) in [6.07, 6.45) is 2.88. The second-order valence-electron chi connectivity index (χ2n) is 4.88. The van der Waals surface area contributed by atoms with Gasteiger partial charge in [-0.25, -0.2) is 4.79 Å². The van der Waals surface area contributed by atoms with Crippen LogP contribution in [-0.2, 0) is 11.2 Å². The second kappa shape index (κ2) is 6.66. The molecule has 2 rings (SSSR count). The molecular weight excluding hydrogens is 264 g/mol. The van der Waals surface area contributed by atoms with Crippen LogP contribution >= 0.6 is 0 Å². The van der Waals surface area contributed by atoms with Crippen LogP contribution in [0.2, 0.25) is 0 Å². The molecular formula is C18H16O3.